The van der Waals surface area contributed by atoms with Crippen molar-refractivity contribution in [1.29, 1.82) is 0 Å². The number of hydrogen-bond acceptors (Lipinski definition) is 2. The fourth-order valence-corrected chi connectivity index (χ4v) is 2.33. The molecule has 0 spiro atoms. The van der Waals surface area contributed by atoms with Gasteiger partial charge in [0.2, 0.25) is 5.91 Å². The first-order valence-electron chi connectivity index (χ1n) is 7.30. The van der Waals surface area contributed by atoms with E-state index in [0.29, 0.717) is 11.1 Å². The van der Waals surface area contributed by atoms with Crippen LogP contribution in [-0.4, -0.2) is 17.1 Å². The molecule has 2 rings (SSSR count). The maximum absolute atomic E-state index is 14.4. The maximum Gasteiger partial charge on any atom is 0.357 e. The minimum absolute atomic E-state index is 0.234. The van der Waals surface area contributed by atoms with Crippen molar-refractivity contribution in [2.45, 2.75) is 31.8 Å². The van der Waals surface area contributed by atoms with Crippen LogP contribution < -0.4 is 5.73 Å². The van der Waals surface area contributed by atoms with E-state index in [0.717, 1.165) is 0 Å². The molecule has 0 fully saturated rings. The van der Waals surface area contributed by atoms with Crippen molar-refractivity contribution in [3.63, 3.8) is 0 Å². The molecular weight excluding hydrogens is 319 g/mol. The Morgan fingerprint density at radius 3 is 2.17 bits per heavy atom. The lowest BCUT2D eigenvalue weighted by Crippen LogP contribution is -2.35. The highest BCUT2D eigenvalue weighted by Gasteiger charge is 2.28. The molecule has 24 heavy (non-hydrogen) atoms. The van der Waals surface area contributed by atoms with Gasteiger partial charge < -0.3 is 10.8 Å². The second-order valence-electron chi connectivity index (χ2n) is 6.22. The van der Waals surface area contributed by atoms with Crippen molar-refractivity contribution in [3.05, 3.63) is 59.4 Å². The van der Waals surface area contributed by atoms with Crippen LogP contribution in [0.15, 0.2) is 42.5 Å². The fraction of sp³-hybridized carbons (Fsp3) is 0.278. The predicted octanol–water partition coefficient (Wildman–Crippen LogP) is 3.38. The number of hydrogen-bond donors (Lipinski definition) is 2. The summed E-state index contributed by atoms with van der Waals surface area (Å²) in [6, 6.07) is 10.2. The largest absolute Gasteiger partial charge is 0.369 e. The van der Waals surface area contributed by atoms with Gasteiger partial charge in [-0.1, -0.05) is 36.4 Å². The number of rotatable bonds is 5. The van der Waals surface area contributed by atoms with E-state index in [-0.39, 0.29) is 11.1 Å². The highest BCUT2D eigenvalue weighted by molar-refractivity contribution is 5.86. The van der Waals surface area contributed by atoms with E-state index in [9.17, 15) is 18.0 Å². The average Bonchev–Trinajstić information content (AvgIpc) is 2.46. The lowest BCUT2D eigenvalue weighted by Gasteiger charge is -2.21. The molecule has 1 amide bonds. The number of halogens is 3. The Hall–Kier alpha value is -2.34. The highest BCUT2D eigenvalue weighted by atomic mass is 19.3. The van der Waals surface area contributed by atoms with Crippen molar-refractivity contribution in [2.75, 3.05) is 0 Å². The number of alkyl halides is 2. The standard InChI is InChI=1S/C18H18F3NO2/c1-17(2,16(22)23)13-7-8-14(15(19)9-13)12-5-3-11(4-6-12)10-18(20,21)24/h3-9,24H,10H2,1-2H3,(H2,22,23). The Balaban J connectivity index is 2.32. The lowest BCUT2D eigenvalue weighted by molar-refractivity contribution is -0.196. The summed E-state index contributed by atoms with van der Waals surface area (Å²) in [6.07, 6.45) is -4.59. The number of primary amides is 1. The molecule has 0 saturated heterocycles. The summed E-state index contributed by atoms with van der Waals surface area (Å²) in [4.78, 5) is 11.5. The van der Waals surface area contributed by atoms with Crippen molar-refractivity contribution >= 4 is 5.91 Å². The van der Waals surface area contributed by atoms with Crippen LogP contribution in [0.4, 0.5) is 13.2 Å². The van der Waals surface area contributed by atoms with Crippen LogP contribution in [0, 0.1) is 5.82 Å². The molecule has 6 heteroatoms. The molecule has 3 N–H and O–H groups in total. The first-order chi connectivity index (χ1) is 11.0. The number of benzene rings is 2. The van der Waals surface area contributed by atoms with Gasteiger partial charge in [-0.15, -0.1) is 0 Å². The molecule has 0 bridgehead atoms. The number of carbonyl (C=O) groups is 1. The summed E-state index contributed by atoms with van der Waals surface area (Å²) >= 11 is 0. The maximum atomic E-state index is 14.4. The highest BCUT2D eigenvalue weighted by Crippen LogP contribution is 2.29. The molecule has 0 saturated carbocycles. The first kappa shape index (κ1) is 18.0. The van der Waals surface area contributed by atoms with Gasteiger partial charge in [-0.2, -0.15) is 8.78 Å². The average molecular weight is 337 g/mol. The van der Waals surface area contributed by atoms with Crippen LogP contribution in [0.2, 0.25) is 0 Å². The summed E-state index contributed by atoms with van der Waals surface area (Å²) in [7, 11) is 0. The van der Waals surface area contributed by atoms with Crippen molar-refractivity contribution < 1.29 is 23.1 Å². The quantitative estimate of drug-likeness (QED) is 0.878. The summed E-state index contributed by atoms with van der Waals surface area (Å²) in [5.74, 6) is -1.11. The number of carbonyl (C=O) groups excluding carboxylic acids is 1. The molecule has 0 atom stereocenters. The van der Waals surface area contributed by atoms with Crippen LogP contribution in [0.25, 0.3) is 11.1 Å². The summed E-state index contributed by atoms with van der Waals surface area (Å²) in [6.45, 7) is 3.21. The van der Waals surface area contributed by atoms with Crippen LogP contribution in [-0.2, 0) is 16.6 Å². The van der Waals surface area contributed by atoms with Gasteiger partial charge >= 0.3 is 6.11 Å². The van der Waals surface area contributed by atoms with Crippen LogP contribution in [0.3, 0.4) is 0 Å². The molecule has 2 aromatic carbocycles. The van der Waals surface area contributed by atoms with Gasteiger partial charge in [0, 0.05) is 5.56 Å². The molecule has 2 aromatic rings. The van der Waals surface area contributed by atoms with E-state index in [2.05, 4.69) is 0 Å². The Labute approximate surface area is 137 Å². The van der Waals surface area contributed by atoms with Crippen LogP contribution in [0.5, 0.6) is 0 Å². The molecule has 3 nitrogen and oxygen atoms in total. The third kappa shape index (κ3) is 3.94. The molecule has 128 valence electrons. The number of amides is 1. The zero-order valence-electron chi connectivity index (χ0n) is 13.3. The monoisotopic (exact) mass is 337 g/mol. The van der Waals surface area contributed by atoms with Crippen molar-refractivity contribution in [3.8, 4) is 11.1 Å². The topological polar surface area (TPSA) is 63.3 Å². The minimum Gasteiger partial charge on any atom is -0.369 e. The third-order valence-electron chi connectivity index (χ3n) is 3.99. The summed E-state index contributed by atoms with van der Waals surface area (Å²) < 4.78 is 39.5. The third-order valence-corrected chi connectivity index (χ3v) is 3.99. The van der Waals surface area contributed by atoms with Gasteiger partial charge in [-0.05, 0) is 36.6 Å². The Kier molecular flexibility index (Phi) is 4.71. The SMILES string of the molecule is CC(C)(C(N)=O)c1ccc(-c2ccc(CC(O)(F)F)cc2)c(F)c1. The van der Waals surface area contributed by atoms with E-state index in [1.807, 2.05) is 0 Å². The van der Waals surface area contributed by atoms with E-state index >= 15 is 0 Å². The van der Waals surface area contributed by atoms with Gasteiger partial charge in [0.05, 0.1) is 11.8 Å². The summed E-state index contributed by atoms with van der Waals surface area (Å²) in [5, 5.41) is 8.52. The molecule has 0 aliphatic carbocycles. The summed E-state index contributed by atoms with van der Waals surface area (Å²) in [5.41, 5.74) is 5.79. The smallest absolute Gasteiger partial charge is 0.357 e. The molecule has 0 unspecified atom stereocenters. The molecule has 0 radical (unpaired) electrons. The van der Waals surface area contributed by atoms with Gasteiger partial charge in [0.1, 0.15) is 5.82 Å². The van der Waals surface area contributed by atoms with E-state index in [1.54, 1.807) is 19.9 Å². The lowest BCUT2D eigenvalue weighted by atomic mass is 9.83. The zero-order valence-corrected chi connectivity index (χ0v) is 13.3. The Bertz CT molecular complexity index is 750. The predicted molar refractivity (Wildman–Crippen MR) is 84.9 cm³/mol. The first-order valence-corrected chi connectivity index (χ1v) is 7.30. The van der Waals surface area contributed by atoms with Crippen molar-refractivity contribution in [1.82, 2.24) is 0 Å². The Morgan fingerprint density at radius 2 is 1.71 bits per heavy atom. The minimum atomic E-state index is -3.78. The van der Waals surface area contributed by atoms with Gasteiger partial charge in [0.25, 0.3) is 0 Å². The van der Waals surface area contributed by atoms with Crippen molar-refractivity contribution in [2.24, 2.45) is 5.73 Å². The molecule has 0 aliphatic rings. The van der Waals surface area contributed by atoms with Gasteiger partial charge in [-0.25, -0.2) is 4.39 Å². The normalized spacial score (nSPS) is 12.2. The van der Waals surface area contributed by atoms with Crippen LogP contribution >= 0.6 is 0 Å². The van der Waals surface area contributed by atoms with Gasteiger partial charge in [0.15, 0.2) is 0 Å². The van der Waals surface area contributed by atoms with Crippen LogP contribution in [0.1, 0.15) is 25.0 Å². The second-order valence-corrected chi connectivity index (χ2v) is 6.22. The van der Waals surface area contributed by atoms with E-state index in [4.69, 9.17) is 10.8 Å². The second kappa shape index (κ2) is 6.28. The molecule has 0 aliphatic heterocycles. The van der Waals surface area contributed by atoms with Gasteiger partial charge in [-0.3, -0.25) is 4.79 Å². The zero-order chi connectivity index (χ0) is 18.1. The molecular formula is C18H18F3NO2. The fourth-order valence-electron chi connectivity index (χ4n) is 2.33. The molecule has 0 aromatic heterocycles. The van der Waals surface area contributed by atoms with E-state index < -0.39 is 29.7 Å². The Morgan fingerprint density at radius 1 is 1.12 bits per heavy atom. The van der Waals surface area contributed by atoms with E-state index in [1.165, 1.54) is 36.4 Å². The number of nitrogens with two attached hydrogens (primary N) is 1. The number of aliphatic hydroxyl groups is 1. The molecule has 0 heterocycles.